The molecule has 154 valence electrons. The van der Waals surface area contributed by atoms with E-state index in [1.807, 2.05) is 47.4 Å². The van der Waals surface area contributed by atoms with Crippen LogP contribution in [0.3, 0.4) is 0 Å². The molecule has 2 aromatic carbocycles. The first-order valence-electron chi connectivity index (χ1n) is 10.0. The van der Waals surface area contributed by atoms with E-state index in [0.717, 1.165) is 24.4 Å². The number of para-hydroxylation sites is 2. The topological polar surface area (TPSA) is 53.1 Å². The second kappa shape index (κ2) is 9.96. The van der Waals surface area contributed by atoms with Crippen LogP contribution >= 0.6 is 0 Å². The minimum Gasteiger partial charge on any atom is -0.496 e. The maximum Gasteiger partial charge on any atom is 0.224 e. The largest absolute Gasteiger partial charge is 0.496 e. The molecule has 0 aliphatic carbocycles. The number of piperazine rings is 1. The predicted octanol–water partition coefficient (Wildman–Crippen LogP) is 2.78. The van der Waals surface area contributed by atoms with Gasteiger partial charge in [0.05, 0.1) is 7.11 Å². The predicted molar refractivity (Wildman–Crippen MR) is 114 cm³/mol. The first-order valence-corrected chi connectivity index (χ1v) is 10.0. The van der Waals surface area contributed by atoms with Crippen molar-refractivity contribution in [3.05, 3.63) is 60.2 Å². The van der Waals surface area contributed by atoms with Gasteiger partial charge in [-0.05, 0) is 18.2 Å². The summed E-state index contributed by atoms with van der Waals surface area (Å²) in [6.45, 7) is 5.46. The van der Waals surface area contributed by atoms with E-state index in [9.17, 15) is 9.59 Å². The number of nitrogens with zero attached hydrogens (tertiary/aromatic N) is 3. The van der Waals surface area contributed by atoms with Gasteiger partial charge in [0.2, 0.25) is 11.8 Å². The van der Waals surface area contributed by atoms with Crippen molar-refractivity contribution >= 4 is 17.5 Å². The second-order valence-electron chi connectivity index (χ2n) is 7.21. The Hall–Kier alpha value is -3.02. The van der Waals surface area contributed by atoms with Crippen LogP contribution in [0, 0.1) is 0 Å². The smallest absolute Gasteiger partial charge is 0.224 e. The highest BCUT2D eigenvalue weighted by atomic mass is 16.5. The van der Waals surface area contributed by atoms with Gasteiger partial charge < -0.3 is 19.4 Å². The van der Waals surface area contributed by atoms with E-state index in [4.69, 9.17) is 4.74 Å². The van der Waals surface area contributed by atoms with Crippen LogP contribution in [0.4, 0.5) is 5.69 Å². The fourth-order valence-electron chi connectivity index (χ4n) is 3.63. The highest BCUT2D eigenvalue weighted by Gasteiger charge is 2.22. The van der Waals surface area contributed by atoms with Crippen molar-refractivity contribution in [2.75, 3.05) is 44.7 Å². The minimum atomic E-state index is -0.0439. The van der Waals surface area contributed by atoms with Crippen LogP contribution in [0.25, 0.3) is 0 Å². The van der Waals surface area contributed by atoms with Gasteiger partial charge in [-0.2, -0.15) is 0 Å². The van der Waals surface area contributed by atoms with Crippen molar-refractivity contribution < 1.29 is 14.3 Å². The number of hydrogen-bond donors (Lipinski definition) is 0. The van der Waals surface area contributed by atoms with Gasteiger partial charge in [0, 0.05) is 63.9 Å². The molecule has 3 rings (SSSR count). The quantitative estimate of drug-likeness (QED) is 0.723. The Balaban J connectivity index is 1.51. The number of methoxy groups -OCH3 is 1. The van der Waals surface area contributed by atoms with Gasteiger partial charge in [-0.15, -0.1) is 0 Å². The van der Waals surface area contributed by atoms with Gasteiger partial charge in [-0.1, -0.05) is 36.4 Å². The summed E-state index contributed by atoms with van der Waals surface area (Å²) < 4.78 is 5.38. The zero-order valence-corrected chi connectivity index (χ0v) is 17.2. The molecule has 0 spiro atoms. The van der Waals surface area contributed by atoms with Crippen LogP contribution in [-0.4, -0.2) is 61.4 Å². The summed E-state index contributed by atoms with van der Waals surface area (Å²) in [6.07, 6.45) is 0.333. The third-order valence-corrected chi connectivity index (χ3v) is 5.35. The zero-order valence-electron chi connectivity index (χ0n) is 17.2. The van der Waals surface area contributed by atoms with Crippen molar-refractivity contribution in [1.82, 2.24) is 9.80 Å². The summed E-state index contributed by atoms with van der Waals surface area (Å²) in [7, 11) is 1.62. The van der Waals surface area contributed by atoms with Crippen molar-refractivity contribution in [3.8, 4) is 5.75 Å². The van der Waals surface area contributed by atoms with Gasteiger partial charge in [0.15, 0.2) is 0 Å². The van der Waals surface area contributed by atoms with Gasteiger partial charge in [0.1, 0.15) is 5.75 Å². The van der Waals surface area contributed by atoms with Crippen molar-refractivity contribution in [2.24, 2.45) is 0 Å². The fraction of sp³-hybridized carbons (Fsp3) is 0.391. The Morgan fingerprint density at radius 3 is 2.28 bits per heavy atom. The molecule has 0 aromatic heterocycles. The standard InChI is InChI=1S/C23H29N3O3/c1-19(27)26(18-20-8-6-7-11-22(20)29-2)13-12-23(28)25-16-14-24(15-17-25)21-9-4-3-5-10-21/h3-11H,12-18H2,1-2H3. The summed E-state index contributed by atoms with van der Waals surface area (Å²) in [6, 6.07) is 17.9. The monoisotopic (exact) mass is 395 g/mol. The van der Waals surface area contributed by atoms with E-state index < -0.39 is 0 Å². The number of anilines is 1. The molecule has 1 heterocycles. The number of carbonyl (C=O) groups is 2. The number of carbonyl (C=O) groups excluding carboxylic acids is 2. The lowest BCUT2D eigenvalue weighted by atomic mass is 10.1. The Bertz CT molecular complexity index is 817. The number of rotatable bonds is 7. The van der Waals surface area contributed by atoms with Crippen LogP contribution < -0.4 is 9.64 Å². The average molecular weight is 396 g/mol. The molecule has 0 atom stereocenters. The van der Waals surface area contributed by atoms with Gasteiger partial charge >= 0.3 is 0 Å². The number of ether oxygens (including phenoxy) is 1. The minimum absolute atomic E-state index is 0.0439. The Morgan fingerprint density at radius 2 is 1.62 bits per heavy atom. The van der Waals surface area contributed by atoms with E-state index in [0.29, 0.717) is 32.6 Å². The van der Waals surface area contributed by atoms with Gasteiger partial charge in [-0.25, -0.2) is 0 Å². The second-order valence-corrected chi connectivity index (χ2v) is 7.21. The number of benzene rings is 2. The van der Waals surface area contributed by atoms with E-state index >= 15 is 0 Å². The van der Waals surface area contributed by atoms with Crippen LogP contribution in [0.5, 0.6) is 5.75 Å². The number of amides is 2. The van der Waals surface area contributed by atoms with Crippen LogP contribution in [0.1, 0.15) is 18.9 Å². The molecule has 2 aromatic rings. The molecule has 0 bridgehead atoms. The molecule has 1 aliphatic rings. The molecule has 0 radical (unpaired) electrons. The van der Waals surface area contributed by atoms with Crippen LogP contribution in [0.15, 0.2) is 54.6 Å². The van der Waals surface area contributed by atoms with Gasteiger partial charge in [0.25, 0.3) is 0 Å². The van der Waals surface area contributed by atoms with E-state index in [1.165, 1.54) is 5.69 Å². The maximum atomic E-state index is 12.7. The molecule has 0 N–H and O–H groups in total. The van der Waals surface area contributed by atoms with Crippen molar-refractivity contribution in [1.29, 1.82) is 0 Å². The third-order valence-electron chi connectivity index (χ3n) is 5.35. The summed E-state index contributed by atoms with van der Waals surface area (Å²) in [4.78, 5) is 30.7. The first-order chi connectivity index (χ1) is 14.1. The molecule has 1 aliphatic heterocycles. The molecule has 0 saturated carbocycles. The first kappa shape index (κ1) is 20.7. The van der Waals surface area contributed by atoms with Crippen LogP contribution in [0.2, 0.25) is 0 Å². The lowest BCUT2D eigenvalue weighted by Gasteiger charge is -2.36. The molecular weight excluding hydrogens is 366 g/mol. The molecule has 6 nitrogen and oxygen atoms in total. The molecule has 1 saturated heterocycles. The SMILES string of the molecule is COc1ccccc1CN(CCC(=O)N1CCN(c2ccccc2)CC1)C(C)=O. The van der Waals surface area contributed by atoms with Gasteiger partial charge in [-0.3, -0.25) is 9.59 Å². The molecule has 2 amide bonds. The summed E-state index contributed by atoms with van der Waals surface area (Å²) >= 11 is 0. The summed E-state index contributed by atoms with van der Waals surface area (Å²) in [5, 5.41) is 0. The summed E-state index contributed by atoms with van der Waals surface area (Å²) in [5.74, 6) is 0.809. The third kappa shape index (κ3) is 5.50. The van der Waals surface area contributed by atoms with Crippen LogP contribution in [-0.2, 0) is 16.1 Å². The van der Waals surface area contributed by atoms with Crippen molar-refractivity contribution in [3.63, 3.8) is 0 Å². The Labute approximate surface area is 172 Å². The lowest BCUT2D eigenvalue weighted by Crippen LogP contribution is -2.49. The fourth-order valence-corrected chi connectivity index (χ4v) is 3.63. The van der Waals surface area contributed by atoms with Crippen molar-refractivity contribution in [2.45, 2.75) is 19.9 Å². The highest BCUT2D eigenvalue weighted by molar-refractivity contribution is 5.78. The van der Waals surface area contributed by atoms with E-state index in [-0.39, 0.29) is 11.8 Å². The average Bonchev–Trinajstić information content (AvgIpc) is 2.77. The van der Waals surface area contributed by atoms with E-state index in [1.54, 1.807) is 18.9 Å². The Kier molecular flexibility index (Phi) is 7.11. The Morgan fingerprint density at radius 1 is 0.966 bits per heavy atom. The molecule has 6 heteroatoms. The normalized spacial score (nSPS) is 13.9. The summed E-state index contributed by atoms with van der Waals surface area (Å²) in [5.41, 5.74) is 2.13. The lowest BCUT2D eigenvalue weighted by molar-refractivity contribution is -0.134. The number of hydrogen-bond acceptors (Lipinski definition) is 4. The van der Waals surface area contributed by atoms with E-state index in [2.05, 4.69) is 17.0 Å². The zero-order chi connectivity index (χ0) is 20.6. The molecule has 29 heavy (non-hydrogen) atoms. The molecule has 1 fully saturated rings. The maximum absolute atomic E-state index is 12.7. The molecule has 0 unspecified atom stereocenters. The molecular formula is C23H29N3O3. The highest BCUT2D eigenvalue weighted by Crippen LogP contribution is 2.20.